The van der Waals surface area contributed by atoms with E-state index >= 15 is 0 Å². The highest BCUT2D eigenvalue weighted by Gasteiger charge is 1.86. The molecule has 46 valence electrons. The first-order valence-corrected chi connectivity index (χ1v) is 2.26. The second-order valence-corrected chi connectivity index (χ2v) is 1.16. The van der Waals surface area contributed by atoms with E-state index in [4.69, 9.17) is 23.2 Å². The van der Waals surface area contributed by atoms with Gasteiger partial charge in [0.2, 0.25) is 0 Å². The molecule has 0 rings (SSSR count). The van der Waals surface area contributed by atoms with E-state index < -0.39 is 6.68 Å². The Bertz CT molecular complexity index is 22.1. The average Bonchev–Trinajstić information content (AvgIpc) is 1.33. The van der Waals surface area contributed by atoms with Gasteiger partial charge in [0.15, 0.2) is 0 Å². The van der Waals surface area contributed by atoms with E-state index in [1.807, 2.05) is 0 Å². The first kappa shape index (κ1) is 10.4. The third-order valence-electron chi connectivity index (χ3n) is 0. The normalized spacial score (nSPS) is 7.71. The van der Waals surface area contributed by atoms with E-state index in [0.29, 0.717) is 0 Å². The van der Waals surface area contributed by atoms with Crippen molar-refractivity contribution in [1.29, 1.82) is 0 Å². The summed E-state index contributed by atoms with van der Waals surface area (Å²) in [5.74, 6) is 0. The molecule has 0 atom stereocenters. The van der Waals surface area contributed by atoms with E-state index in [9.17, 15) is 13.2 Å². The van der Waals surface area contributed by atoms with E-state index in [1.54, 1.807) is 0 Å². The van der Waals surface area contributed by atoms with Crippen molar-refractivity contribution in [2.24, 2.45) is 0 Å². The summed E-state index contributed by atoms with van der Waals surface area (Å²) in [5.41, 5.74) is 0. The van der Waals surface area contributed by atoms with Gasteiger partial charge in [0.1, 0.15) is 0 Å². The third-order valence-corrected chi connectivity index (χ3v) is 0. The van der Waals surface area contributed by atoms with E-state index in [1.165, 1.54) is 0 Å². The zero-order valence-electron chi connectivity index (χ0n) is 3.17. The van der Waals surface area contributed by atoms with Crippen LogP contribution in [0.15, 0.2) is 0 Å². The molecule has 0 aromatic rings. The maximum Gasteiger partial charge on any atom is 0.379 e. The van der Waals surface area contributed by atoms with Crippen molar-refractivity contribution < 1.29 is 13.2 Å². The van der Waals surface area contributed by atoms with E-state index in [0.717, 1.165) is 0 Å². The number of halogens is 5. The number of hydrogen-bond acceptors (Lipinski definition) is 0. The van der Waals surface area contributed by atoms with Crippen molar-refractivity contribution in [1.82, 2.24) is 0 Å². The molecule has 0 nitrogen and oxygen atoms in total. The summed E-state index contributed by atoms with van der Waals surface area (Å²) in [6, 6.07) is 0. The van der Waals surface area contributed by atoms with Crippen LogP contribution in [0.5, 0.6) is 0 Å². The van der Waals surface area contributed by atoms with Gasteiger partial charge < -0.3 is 0 Å². The lowest BCUT2D eigenvalue weighted by molar-refractivity contribution is 0.00819. The standard InChI is InChI=1S/CH2Cl2.CHF3/c2-1-3;2-1(3)4/h1H2;1H. The van der Waals surface area contributed by atoms with Crippen molar-refractivity contribution >= 4 is 23.2 Å². The molecule has 0 aliphatic rings. The monoisotopic (exact) mass is 154 g/mol. The van der Waals surface area contributed by atoms with Crippen LogP contribution in [0.25, 0.3) is 0 Å². The first-order valence-electron chi connectivity index (χ1n) is 1.19. The maximum atomic E-state index is 9.67. The molecule has 0 aromatic carbocycles. The highest BCUT2D eigenvalue weighted by molar-refractivity contribution is 6.40. The number of hydrogen-bond donors (Lipinski definition) is 0. The van der Waals surface area contributed by atoms with Crippen molar-refractivity contribution in [2.75, 3.05) is 5.34 Å². The van der Waals surface area contributed by atoms with Gasteiger partial charge in [-0.1, -0.05) is 0 Å². The Morgan fingerprint density at radius 1 is 1.14 bits per heavy atom. The Hall–Kier alpha value is 0.370. The van der Waals surface area contributed by atoms with Crippen LogP contribution in [0.2, 0.25) is 0 Å². The minimum atomic E-state index is -3.67. The molecule has 7 heavy (non-hydrogen) atoms. The molecule has 0 saturated carbocycles. The Kier molecular flexibility index (Phi) is 14.3. The minimum Gasteiger partial charge on any atom is -0.174 e. The van der Waals surface area contributed by atoms with Crippen LogP contribution in [0, 0.1) is 0 Å². The predicted octanol–water partition coefficient (Wildman–Crippen LogP) is 2.60. The van der Waals surface area contributed by atoms with Crippen LogP contribution in [-0.2, 0) is 0 Å². The minimum absolute atomic E-state index is 0.194. The first-order chi connectivity index (χ1) is 3.15. The summed E-state index contributed by atoms with van der Waals surface area (Å²) < 4.78 is 29.0. The largest absolute Gasteiger partial charge is 0.379 e. The molecule has 5 heteroatoms. The van der Waals surface area contributed by atoms with Crippen LogP contribution in [-0.4, -0.2) is 12.0 Å². The maximum absolute atomic E-state index is 9.67. The van der Waals surface area contributed by atoms with Crippen molar-refractivity contribution in [2.45, 2.75) is 6.68 Å². The van der Waals surface area contributed by atoms with Gasteiger partial charge in [0, 0.05) is 0 Å². The smallest absolute Gasteiger partial charge is 0.174 e. The molecule has 0 saturated heterocycles. The van der Waals surface area contributed by atoms with Crippen LogP contribution in [0.1, 0.15) is 0 Å². The molecule has 0 heterocycles. The quantitative estimate of drug-likeness (QED) is 0.471. The predicted molar refractivity (Wildman–Crippen MR) is 23.7 cm³/mol. The molecule has 0 aromatic heterocycles. The Morgan fingerprint density at radius 3 is 1.14 bits per heavy atom. The molecule has 0 unspecified atom stereocenters. The summed E-state index contributed by atoms with van der Waals surface area (Å²) in [6.07, 6.45) is 0. The fraction of sp³-hybridized carbons (Fsp3) is 1.00. The molecule has 0 bridgehead atoms. The Morgan fingerprint density at radius 2 is 1.14 bits per heavy atom. The molecular formula is C2H3Cl2F3. The molecular weight excluding hydrogens is 152 g/mol. The third kappa shape index (κ3) is 889. The van der Waals surface area contributed by atoms with Gasteiger partial charge in [-0.05, 0) is 0 Å². The van der Waals surface area contributed by atoms with Gasteiger partial charge in [-0.3, -0.25) is 0 Å². The van der Waals surface area contributed by atoms with Crippen LogP contribution >= 0.6 is 23.2 Å². The summed E-state index contributed by atoms with van der Waals surface area (Å²) in [4.78, 5) is 0. The van der Waals surface area contributed by atoms with Gasteiger partial charge in [0.05, 0.1) is 5.34 Å². The van der Waals surface area contributed by atoms with Gasteiger partial charge >= 0.3 is 6.68 Å². The van der Waals surface area contributed by atoms with Gasteiger partial charge in [0.25, 0.3) is 0 Å². The SMILES string of the molecule is ClCCl.FC(F)F. The number of rotatable bonds is 0. The van der Waals surface area contributed by atoms with Crippen molar-refractivity contribution in [3.8, 4) is 0 Å². The lowest BCUT2D eigenvalue weighted by Crippen LogP contribution is -1.65. The van der Waals surface area contributed by atoms with Crippen molar-refractivity contribution in [3.63, 3.8) is 0 Å². The molecule has 0 aliphatic carbocycles. The highest BCUT2D eigenvalue weighted by atomic mass is 35.5. The summed E-state index contributed by atoms with van der Waals surface area (Å²) in [6.45, 7) is -3.67. The number of alkyl halides is 5. The summed E-state index contributed by atoms with van der Waals surface area (Å²) in [7, 11) is 0. The van der Waals surface area contributed by atoms with Crippen LogP contribution in [0.4, 0.5) is 13.2 Å². The zero-order valence-corrected chi connectivity index (χ0v) is 4.69. The highest BCUT2D eigenvalue weighted by Crippen LogP contribution is 1.87. The lowest BCUT2D eigenvalue weighted by Gasteiger charge is -1.65. The second kappa shape index (κ2) is 9.62. The van der Waals surface area contributed by atoms with Crippen LogP contribution < -0.4 is 0 Å². The summed E-state index contributed by atoms with van der Waals surface area (Å²) in [5, 5.41) is 0.194. The van der Waals surface area contributed by atoms with E-state index in [2.05, 4.69) is 0 Å². The Labute approximate surface area is 49.2 Å². The zero-order chi connectivity index (χ0) is 6.28. The Balaban J connectivity index is 0. The molecule has 0 radical (unpaired) electrons. The molecule has 0 spiro atoms. The molecule has 0 aliphatic heterocycles. The van der Waals surface area contributed by atoms with Gasteiger partial charge in [-0.2, -0.15) is 13.2 Å². The van der Waals surface area contributed by atoms with Gasteiger partial charge in [-0.25, -0.2) is 0 Å². The topological polar surface area (TPSA) is 0 Å². The fourth-order valence-electron chi connectivity index (χ4n) is 0. The fourth-order valence-corrected chi connectivity index (χ4v) is 0. The van der Waals surface area contributed by atoms with Gasteiger partial charge in [-0.15, -0.1) is 23.2 Å². The lowest BCUT2D eigenvalue weighted by atomic mass is 11.6. The van der Waals surface area contributed by atoms with E-state index in [-0.39, 0.29) is 5.34 Å². The van der Waals surface area contributed by atoms with Crippen molar-refractivity contribution in [3.05, 3.63) is 0 Å². The van der Waals surface area contributed by atoms with Crippen LogP contribution in [0.3, 0.4) is 0 Å². The molecule has 0 amide bonds. The average molecular weight is 155 g/mol. The molecule has 0 fully saturated rings. The summed E-state index contributed by atoms with van der Waals surface area (Å²) >= 11 is 9.53. The second-order valence-electron chi connectivity index (χ2n) is 0.348. The molecule has 0 N–H and O–H groups in total.